The van der Waals surface area contributed by atoms with Crippen molar-refractivity contribution in [2.24, 2.45) is 0 Å². The molecule has 0 amide bonds. The highest BCUT2D eigenvalue weighted by atomic mass is 28.2. The number of benzene rings is 2. The molecule has 0 N–H and O–H groups in total. The van der Waals surface area contributed by atoms with Gasteiger partial charge < -0.3 is 4.43 Å². The van der Waals surface area contributed by atoms with Crippen LogP contribution in [0.2, 0.25) is 6.04 Å². The molecule has 0 aromatic heterocycles. The van der Waals surface area contributed by atoms with Crippen LogP contribution in [0, 0.1) is 0 Å². The van der Waals surface area contributed by atoms with Crippen LogP contribution in [0.5, 0.6) is 0 Å². The van der Waals surface area contributed by atoms with Crippen molar-refractivity contribution < 1.29 is 4.43 Å². The van der Waals surface area contributed by atoms with Crippen LogP contribution in [0.3, 0.4) is 0 Å². The van der Waals surface area contributed by atoms with Crippen molar-refractivity contribution in [3.8, 4) is 0 Å². The maximum atomic E-state index is 5.53. The maximum Gasteiger partial charge on any atom is 0.230 e. The van der Waals surface area contributed by atoms with E-state index in [1.165, 1.54) is 11.1 Å². The highest BCUT2D eigenvalue weighted by Crippen LogP contribution is 2.27. The summed E-state index contributed by atoms with van der Waals surface area (Å²) in [6, 6.07) is 22.4. The van der Waals surface area contributed by atoms with E-state index in [0.29, 0.717) is 15.7 Å². The van der Waals surface area contributed by atoms with E-state index >= 15 is 0 Å². The van der Waals surface area contributed by atoms with E-state index in [9.17, 15) is 0 Å². The van der Waals surface area contributed by atoms with Crippen molar-refractivity contribution in [3.05, 3.63) is 71.8 Å². The summed E-state index contributed by atoms with van der Waals surface area (Å²) >= 11 is 0. The van der Waals surface area contributed by atoms with Gasteiger partial charge in [-0.25, -0.2) is 0 Å². The zero-order valence-corrected chi connectivity index (χ0v) is 11.7. The van der Waals surface area contributed by atoms with E-state index in [1.807, 2.05) is 6.92 Å². The molecule has 0 bridgehead atoms. The molecule has 2 rings (SSSR count). The van der Waals surface area contributed by atoms with Crippen molar-refractivity contribution in [2.75, 3.05) is 6.61 Å². The fourth-order valence-electron chi connectivity index (χ4n) is 2.04. The largest absolute Gasteiger partial charge is 0.418 e. The van der Waals surface area contributed by atoms with Crippen LogP contribution < -0.4 is 0 Å². The van der Waals surface area contributed by atoms with Crippen LogP contribution in [0.15, 0.2) is 60.7 Å². The Bertz CT molecular complexity index is 402. The average Bonchev–Trinajstić information content (AvgIpc) is 2.46. The molecule has 0 saturated carbocycles. The third-order valence-corrected chi connectivity index (χ3v) is 4.01. The quantitative estimate of drug-likeness (QED) is 0.561. The van der Waals surface area contributed by atoms with E-state index in [2.05, 4.69) is 60.7 Å². The van der Waals surface area contributed by atoms with Gasteiger partial charge in [0.2, 0.25) is 9.76 Å². The Morgan fingerprint density at radius 3 is 1.83 bits per heavy atom. The molecule has 0 spiro atoms. The number of hydrogen-bond acceptors (Lipinski definition) is 1. The van der Waals surface area contributed by atoms with Gasteiger partial charge in [-0.05, 0) is 24.1 Å². The lowest BCUT2D eigenvalue weighted by atomic mass is 9.93. The van der Waals surface area contributed by atoms with Crippen LogP contribution in [-0.4, -0.2) is 16.4 Å². The molecular weight excluding hydrogens is 236 g/mol. The third kappa shape index (κ3) is 3.55. The predicted molar refractivity (Wildman–Crippen MR) is 76.9 cm³/mol. The molecule has 2 aromatic carbocycles. The molecule has 2 radical (unpaired) electrons. The van der Waals surface area contributed by atoms with Crippen LogP contribution in [0.1, 0.15) is 24.0 Å². The smallest absolute Gasteiger partial charge is 0.230 e. The molecule has 0 fully saturated rings. The topological polar surface area (TPSA) is 9.23 Å². The van der Waals surface area contributed by atoms with E-state index in [1.54, 1.807) is 0 Å². The summed E-state index contributed by atoms with van der Waals surface area (Å²) in [5.41, 5.74) is 2.74. The zero-order chi connectivity index (χ0) is 12.6. The van der Waals surface area contributed by atoms with Gasteiger partial charge in [0.15, 0.2) is 0 Å². The van der Waals surface area contributed by atoms with E-state index in [-0.39, 0.29) is 0 Å². The van der Waals surface area contributed by atoms with Gasteiger partial charge in [0, 0.05) is 12.5 Å². The monoisotopic (exact) mass is 254 g/mol. The highest BCUT2D eigenvalue weighted by Gasteiger charge is 2.14. The lowest BCUT2D eigenvalue weighted by Crippen LogP contribution is -2.07. The first-order valence-electron chi connectivity index (χ1n) is 6.36. The van der Waals surface area contributed by atoms with Crippen molar-refractivity contribution in [1.29, 1.82) is 0 Å². The van der Waals surface area contributed by atoms with Crippen LogP contribution >= 0.6 is 0 Å². The maximum absolute atomic E-state index is 5.53. The molecule has 0 unspecified atom stereocenters. The molecular formula is C16H18OSi. The van der Waals surface area contributed by atoms with E-state index in [0.717, 1.165) is 12.7 Å². The molecule has 92 valence electrons. The van der Waals surface area contributed by atoms with Gasteiger partial charge in [-0.15, -0.1) is 0 Å². The van der Waals surface area contributed by atoms with Gasteiger partial charge in [-0.2, -0.15) is 0 Å². The Hall–Kier alpha value is -1.38. The van der Waals surface area contributed by atoms with Crippen molar-refractivity contribution >= 4 is 9.76 Å². The Balaban J connectivity index is 2.18. The molecule has 2 heteroatoms. The zero-order valence-electron chi connectivity index (χ0n) is 10.7. The van der Waals surface area contributed by atoms with Gasteiger partial charge in [-0.3, -0.25) is 0 Å². The molecule has 0 saturated heterocycles. The van der Waals surface area contributed by atoms with Crippen LogP contribution in [-0.2, 0) is 4.43 Å². The second-order valence-electron chi connectivity index (χ2n) is 4.16. The molecule has 18 heavy (non-hydrogen) atoms. The fourth-order valence-corrected chi connectivity index (χ4v) is 3.00. The molecule has 0 heterocycles. The van der Waals surface area contributed by atoms with Gasteiger partial charge in [0.1, 0.15) is 0 Å². The minimum atomic E-state index is 0.442. The first-order chi connectivity index (χ1) is 8.92. The summed E-state index contributed by atoms with van der Waals surface area (Å²) in [4.78, 5) is 0. The van der Waals surface area contributed by atoms with Crippen molar-refractivity contribution in [2.45, 2.75) is 18.9 Å². The van der Waals surface area contributed by atoms with Gasteiger partial charge in [-0.1, -0.05) is 60.7 Å². The van der Waals surface area contributed by atoms with Crippen molar-refractivity contribution in [1.82, 2.24) is 0 Å². The Morgan fingerprint density at radius 2 is 1.39 bits per heavy atom. The second-order valence-corrected chi connectivity index (χ2v) is 5.14. The Morgan fingerprint density at radius 1 is 0.889 bits per heavy atom. The minimum Gasteiger partial charge on any atom is -0.418 e. The summed E-state index contributed by atoms with van der Waals surface area (Å²) in [5, 5.41) is 0. The summed E-state index contributed by atoms with van der Waals surface area (Å²) in [6.45, 7) is 2.85. The molecule has 0 aliphatic heterocycles. The Kier molecular flexibility index (Phi) is 5.18. The summed E-state index contributed by atoms with van der Waals surface area (Å²) in [7, 11) is 0.564. The van der Waals surface area contributed by atoms with E-state index < -0.39 is 0 Å². The van der Waals surface area contributed by atoms with E-state index in [4.69, 9.17) is 4.43 Å². The standard InChI is InChI=1S/C16H18OSi/c1-2-17-18-13-16(14-9-5-3-6-10-14)15-11-7-4-8-12-15/h3-12,16H,2,13H2,1H3. The predicted octanol–water partition coefficient (Wildman–Crippen LogP) is 3.89. The van der Waals surface area contributed by atoms with Gasteiger partial charge >= 0.3 is 0 Å². The van der Waals surface area contributed by atoms with Crippen LogP contribution in [0.25, 0.3) is 0 Å². The second kappa shape index (κ2) is 7.14. The number of rotatable bonds is 6. The first kappa shape index (κ1) is 13.1. The van der Waals surface area contributed by atoms with Crippen LogP contribution in [0.4, 0.5) is 0 Å². The summed E-state index contributed by atoms with van der Waals surface area (Å²) < 4.78 is 5.53. The van der Waals surface area contributed by atoms with Crippen molar-refractivity contribution in [3.63, 3.8) is 0 Å². The normalized spacial score (nSPS) is 10.8. The average molecular weight is 254 g/mol. The molecule has 1 nitrogen and oxygen atoms in total. The fraction of sp³-hybridized carbons (Fsp3) is 0.250. The minimum absolute atomic E-state index is 0.442. The first-order valence-corrected chi connectivity index (χ1v) is 7.48. The Labute approximate surface area is 112 Å². The third-order valence-electron chi connectivity index (χ3n) is 2.94. The molecule has 0 aliphatic carbocycles. The number of hydrogen-bond donors (Lipinski definition) is 0. The molecule has 0 aliphatic rings. The van der Waals surface area contributed by atoms with Gasteiger partial charge in [0.05, 0.1) is 0 Å². The molecule has 0 atom stereocenters. The SMILES string of the molecule is CCO[Si]CC(c1ccccc1)c1ccccc1. The lowest BCUT2D eigenvalue weighted by molar-refractivity contribution is 0.358. The van der Waals surface area contributed by atoms with Gasteiger partial charge in [0.25, 0.3) is 0 Å². The summed E-state index contributed by atoms with van der Waals surface area (Å²) in [5.74, 6) is 0.442. The lowest BCUT2D eigenvalue weighted by Gasteiger charge is -2.17. The summed E-state index contributed by atoms with van der Waals surface area (Å²) in [6.07, 6.45) is 0. The molecule has 2 aromatic rings. The highest BCUT2D eigenvalue weighted by molar-refractivity contribution is 6.27.